The minimum Gasteiger partial charge on any atom is -0.462 e. The number of hydrogen-bond donors (Lipinski definition) is 0. The summed E-state index contributed by atoms with van der Waals surface area (Å²) in [6, 6.07) is 0. The smallest absolute Gasteiger partial charge is 0.309 e. The molecule has 0 bridgehead atoms. The molecule has 0 aromatic heterocycles. The number of ether oxygens (including phenoxy) is 3. The van der Waals surface area contributed by atoms with E-state index in [1.807, 2.05) is 6.08 Å². The summed E-state index contributed by atoms with van der Waals surface area (Å²) in [4.78, 5) is 37.7. The summed E-state index contributed by atoms with van der Waals surface area (Å²) in [6.07, 6.45) is 54.1. The predicted octanol–water partition coefficient (Wildman–Crippen LogP) is 15.5. The van der Waals surface area contributed by atoms with Crippen molar-refractivity contribution in [3.8, 4) is 0 Å². The third kappa shape index (κ3) is 44.3. The fourth-order valence-electron chi connectivity index (χ4n) is 6.73. The molecule has 0 aromatic carbocycles. The Morgan fingerprint density at radius 2 is 0.754 bits per heavy atom. The maximum atomic E-state index is 12.7. The SMILES string of the molecule is CC/C=C\C/C=C\C/C=C\CC(=O)OCC(COC(=O)CCCCCCCCC/C=C\CCCCCC)OC(=O)CCCCCCCCCCCCCCCCC. The Labute approximate surface area is 352 Å². The van der Waals surface area contributed by atoms with Crippen LogP contribution in [0.3, 0.4) is 0 Å². The van der Waals surface area contributed by atoms with Gasteiger partial charge in [0.1, 0.15) is 13.2 Å². The first-order valence-electron chi connectivity index (χ1n) is 24.1. The largest absolute Gasteiger partial charge is 0.462 e. The molecule has 0 spiro atoms. The fraction of sp³-hybridized carbons (Fsp3) is 0.784. The number of carbonyl (C=O) groups excluding carboxylic acids is 3. The van der Waals surface area contributed by atoms with Crippen molar-refractivity contribution in [2.24, 2.45) is 0 Å². The average Bonchev–Trinajstić information content (AvgIpc) is 3.21. The van der Waals surface area contributed by atoms with Crippen molar-refractivity contribution in [2.45, 2.75) is 245 Å². The number of esters is 3. The Hall–Kier alpha value is -2.63. The van der Waals surface area contributed by atoms with Crippen LogP contribution in [0.2, 0.25) is 0 Å². The van der Waals surface area contributed by atoms with E-state index in [9.17, 15) is 14.4 Å². The van der Waals surface area contributed by atoms with Crippen LogP contribution in [0.5, 0.6) is 0 Å². The Kier molecular flexibility index (Phi) is 43.9. The van der Waals surface area contributed by atoms with Crippen LogP contribution in [-0.2, 0) is 28.6 Å². The first-order valence-corrected chi connectivity index (χ1v) is 24.1. The van der Waals surface area contributed by atoms with Gasteiger partial charge < -0.3 is 14.2 Å². The summed E-state index contributed by atoms with van der Waals surface area (Å²) >= 11 is 0. The molecule has 0 aromatic rings. The van der Waals surface area contributed by atoms with Gasteiger partial charge >= 0.3 is 17.9 Å². The number of unbranched alkanes of at least 4 members (excludes halogenated alkanes) is 25. The molecule has 6 heteroatoms. The van der Waals surface area contributed by atoms with Crippen LogP contribution in [0.15, 0.2) is 48.6 Å². The van der Waals surface area contributed by atoms with Gasteiger partial charge in [0.05, 0.1) is 6.42 Å². The zero-order chi connectivity index (χ0) is 41.5. The lowest BCUT2D eigenvalue weighted by Crippen LogP contribution is -2.30. The van der Waals surface area contributed by atoms with Gasteiger partial charge in [0, 0.05) is 12.8 Å². The third-order valence-electron chi connectivity index (χ3n) is 10.4. The summed E-state index contributed by atoms with van der Waals surface area (Å²) < 4.78 is 16.6. The van der Waals surface area contributed by atoms with E-state index in [0.29, 0.717) is 12.8 Å². The Balaban J connectivity index is 4.37. The zero-order valence-corrected chi connectivity index (χ0v) is 37.6. The standard InChI is InChI=1S/C51H90O6/c1-4-7-10-13-16-19-21-23-25-27-29-32-35-38-41-44-50(53)56-47-48(46-55-49(52)43-40-37-34-31-18-15-12-9-6-3)57-51(54)45-42-39-36-33-30-28-26-24-22-20-17-14-11-8-5-2/h9,12,18-19,21,31,37,40,48H,4-8,10-11,13-17,20,22-30,32-36,38-39,41-47H2,1-3H3/b12-9-,21-19-,31-18-,40-37-. The molecule has 0 saturated heterocycles. The van der Waals surface area contributed by atoms with E-state index in [0.717, 1.165) is 57.8 Å². The van der Waals surface area contributed by atoms with Gasteiger partial charge in [-0.15, -0.1) is 0 Å². The van der Waals surface area contributed by atoms with Gasteiger partial charge in [-0.05, 0) is 57.8 Å². The average molecular weight is 799 g/mol. The molecule has 1 atom stereocenters. The molecule has 0 heterocycles. The molecule has 0 amide bonds. The van der Waals surface area contributed by atoms with Crippen LogP contribution < -0.4 is 0 Å². The molecule has 0 N–H and O–H groups in total. The van der Waals surface area contributed by atoms with Crippen LogP contribution in [0.25, 0.3) is 0 Å². The van der Waals surface area contributed by atoms with Gasteiger partial charge in [-0.2, -0.15) is 0 Å². The lowest BCUT2D eigenvalue weighted by molar-refractivity contribution is -0.166. The maximum Gasteiger partial charge on any atom is 0.309 e. The quantitative estimate of drug-likeness (QED) is 0.0265. The van der Waals surface area contributed by atoms with Crippen molar-refractivity contribution in [3.63, 3.8) is 0 Å². The van der Waals surface area contributed by atoms with Crippen LogP contribution in [0.4, 0.5) is 0 Å². The first kappa shape index (κ1) is 54.4. The van der Waals surface area contributed by atoms with Gasteiger partial charge in [0.15, 0.2) is 6.10 Å². The molecule has 0 radical (unpaired) electrons. The third-order valence-corrected chi connectivity index (χ3v) is 10.4. The molecule has 0 aliphatic heterocycles. The highest BCUT2D eigenvalue weighted by Crippen LogP contribution is 2.15. The number of rotatable bonds is 43. The molecule has 57 heavy (non-hydrogen) atoms. The monoisotopic (exact) mass is 799 g/mol. The minimum absolute atomic E-state index is 0.100. The molecule has 0 aliphatic rings. The van der Waals surface area contributed by atoms with Gasteiger partial charge in [-0.3, -0.25) is 14.4 Å². The van der Waals surface area contributed by atoms with Crippen LogP contribution in [-0.4, -0.2) is 37.2 Å². The molecular weight excluding hydrogens is 709 g/mol. The Morgan fingerprint density at radius 1 is 0.386 bits per heavy atom. The number of allylic oxidation sites excluding steroid dienone is 7. The molecule has 330 valence electrons. The molecular formula is C51H90O6. The highest BCUT2D eigenvalue weighted by atomic mass is 16.6. The molecule has 0 saturated carbocycles. The normalized spacial score (nSPS) is 12.4. The second-order valence-corrected chi connectivity index (χ2v) is 16.0. The lowest BCUT2D eigenvalue weighted by Gasteiger charge is -2.18. The van der Waals surface area contributed by atoms with E-state index in [1.54, 1.807) is 6.08 Å². The lowest BCUT2D eigenvalue weighted by atomic mass is 10.0. The van der Waals surface area contributed by atoms with Crippen LogP contribution in [0, 0.1) is 0 Å². The zero-order valence-electron chi connectivity index (χ0n) is 37.6. The van der Waals surface area contributed by atoms with E-state index in [2.05, 4.69) is 57.2 Å². The summed E-state index contributed by atoms with van der Waals surface area (Å²) in [5.41, 5.74) is 0. The van der Waals surface area contributed by atoms with E-state index in [-0.39, 0.29) is 31.6 Å². The molecule has 0 rings (SSSR count). The van der Waals surface area contributed by atoms with E-state index < -0.39 is 12.1 Å². The highest BCUT2D eigenvalue weighted by molar-refractivity contribution is 5.72. The summed E-state index contributed by atoms with van der Waals surface area (Å²) in [5, 5.41) is 0. The second kappa shape index (κ2) is 46.1. The van der Waals surface area contributed by atoms with Gasteiger partial charge in [-0.1, -0.05) is 211 Å². The fourth-order valence-corrected chi connectivity index (χ4v) is 6.73. The van der Waals surface area contributed by atoms with Gasteiger partial charge in [0.2, 0.25) is 0 Å². The number of hydrogen-bond acceptors (Lipinski definition) is 6. The number of carbonyl (C=O) groups is 3. The van der Waals surface area contributed by atoms with Crippen molar-refractivity contribution < 1.29 is 28.6 Å². The van der Waals surface area contributed by atoms with Crippen molar-refractivity contribution >= 4 is 17.9 Å². The molecule has 1 unspecified atom stereocenters. The summed E-state index contributed by atoms with van der Waals surface area (Å²) in [5.74, 6) is -1.03. The van der Waals surface area contributed by atoms with Crippen molar-refractivity contribution in [2.75, 3.05) is 13.2 Å². The summed E-state index contributed by atoms with van der Waals surface area (Å²) in [7, 11) is 0. The second-order valence-electron chi connectivity index (χ2n) is 16.0. The Morgan fingerprint density at radius 3 is 1.23 bits per heavy atom. The van der Waals surface area contributed by atoms with Gasteiger partial charge in [-0.25, -0.2) is 0 Å². The molecule has 6 nitrogen and oxygen atoms in total. The van der Waals surface area contributed by atoms with Crippen LogP contribution in [0.1, 0.15) is 239 Å². The first-order chi connectivity index (χ1) is 28.0. The van der Waals surface area contributed by atoms with Crippen LogP contribution >= 0.6 is 0 Å². The minimum atomic E-state index is -0.805. The Bertz CT molecular complexity index is 1010. The summed E-state index contributed by atoms with van der Waals surface area (Å²) in [6.45, 7) is 6.41. The van der Waals surface area contributed by atoms with E-state index >= 15 is 0 Å². The highest BCUT2D eigenvalue weighted by Gasteiger charge is 2.19. The maximum absolute atomic E-state index is 12.7. The predicted molar refractivity (Wildman–Crippen MR) is 242 cm³/mol. The molecule has 0 aliphatic carbocycles. The van der Waals surface area contributed by atoms with Crippen molar-refractivity contribution in [1.82, 2.24) is 0 Å². The molecule has 0 fully saturated rings. The van der Waals surface area contributed by atoms with E-state index in [1.165, 1.54) is 141 Å². The van der Waals surface area contributed by atoms with E-state index in [4.69, 9.17) is 14.2 Å². The van der Waals surface area contributed by atoms with Crippen molar-refractivity contribution in [1.29, 1.82) is 0 Å². The van der Waals surface area contributed by atoms with Gasteiger partial charge in [0.25, 0.3) is 0 Å². The van der Waals surface area contributed by atoms with Crippen molar-refractivity contribution in [3.05, 3.63) is 48.6 Å². The topological polar surface area (TPSA) is 78.9 Å².